The van der Waals surface area contributed by atoms with Gasteiger partial charge in [0, 0.05) is 24.5 Å². The average Bonchev–Trinajstić information content (AvgIpc) is 3.01. The number of hydrogen-bond donors (Lipinski definition) is 1. The zero-order valence-electron chi connectivity index (χ0n) is 19.8. The second-order valence-electron chi connectivity index (χ2n) is 9.17. The molecule has 182 valence electrons. The Bertz CT molecular complexity index is 1190. The summed E-state index contributed by atoms with van der Waals surface area (Å²) in [5.41, 5.74) is 0.837. The van der Waals surface area contributed by atoms with Gasteiger partial charge in [-0.05, 0) is 81.6 Å². The summed E-state index contributed by atoms with van der Waals surface area (Å²) < 4.78 is 33.3. The summed E-state index contributed by atoms with van der Waals surface area (Å²) in [6.07, 6.45) is 2.74. The molecule has 8 nitrogen and oxygen atoms in total. The highest BCUT2D eigenvalue weighted by Gasteiger charge is 2.45. The van der Waals surface area contributed by atoms with E-state index in [2.05, 4.69) is 5.32 Å². The molecule has 0 atom stereocenters. The second-order valence-corrected chi connectivity index (χ2v) is 11.1. The molecule has 1 saturated heterocycles. The Morgan fingerprint density at radius 2 is 1.74 bits per heavy atom. The van der Waals surface area contributed by atoms with Crippen LogP contribution in [0.3, 0.4) is 0 Å². The number of hydrogen-bond acceptors (Lipinski definition) is 5. The van der Waals surface area contributed by atoms with Crippen LogP contribution in [-0.4, -0.2) is 50.8 Å². The van der Waals surface area contributed by atoms with Crippen LogP contribution in [-0.2, 0) is 25.0 Å². The monoisotopic (exact) mass is 485 g/mol. The maximum Gasteiger partial charge on any atom is 0.244 e. The van der Waals surface area contributed by atoms with E-state index in [0.717, 1.165) is 19.3 Å². The first-order valence-corrected chi connectivity index (χ1v) is 13.1. The van der Waals surface area contributed by atoms with Gasteiger partial charge in [-0.3, -0.25) is 9.59 Å². The lowest BCUT2D eigenvalue weighted by Gasteiger charge is -2.26. The number of carbonyl (C=O) groups is 2. The fraction of sp³-hybridized carbons (Fsp3) is 0.440. The first-order chi connectivity index (χ1) is 16.1. The molecule has 34 heavy (non-hydrogen) atoms. The van der Waals surface area contributed by atoms with Gasteiger partial charge in [-0.25, -0.2) is 8.42 Å². The number of ether oxygens (including phenoxy) is 1. The molecule has 0 spiro atoms. The zero-order chi connectivity index (χ0) is 24.5. The lowest BCUT2D eigenvalue weighted by molar-refractivity contribution is -0.124. The lowest BCUT2D eigenvalue weighted by Crippen LogP contribution is -2.40. The van der Waals surface area contributed by atoms with Crippen LogP contribution in [0.1, 0.15) is 45.6 Å². The molecule has 2 aromatic carbocycles. The minimum atomic E-state index is -3.63. The summed E-state index contributed by atoms with van der Waals surface area (Å²) >= 11 is 0. The predicted molar refractivity (Wildman–Crippen MR) is 131 cm³/mol. The van der Waals surface area contributed by atoms with Crippen LogP contribution in [0.15, 0.2) is 47.4 Å². The SMILES string of the molecule is CCOc1ccc(NC(=O)CN2C(=O)C(C)(C)c3cc(S(=O)(=O)N4CCCCC4)ccc32)cc1. The summed E-state index contributed by atoms with van der Waals surface area (Å²) in [5.74, 6) is 0.129. The van der Waals surface area contributed by atoms with Crippen molar-refractivity contribution in [3.63, 3.8) is 0 Å². The van der Waals surface area contributed by atoms with Gasteiger partial charge in [-0.1, -0.05) is 6.42 Å². The fourth-order valence-corrected chi connectivity index (χ4v) is 6.07. The molecule has 2 amide bonds. The minimum absolute atomic E-state index is 0.166. The van der Waals surface area contributed by atoms with E-state index in [-0.39, 0.29) is 23.3 Å². The van der Waals surface area contributed by atoms with Gasteiger partial charge in [0.05, 0.1) is 16.9 Å². The molecular formula is C25H31N3O5S. The van der Waals surface area contributed by atoms with Crippen LogP contribution in [0.4, 0.5) is 11.4 Å². The average molecular weight is 486 g/mol. The van der Waals surface area contributed by atoms with Crippen LogP contribution < -0.4 is 15.0 Å². The van der Waals surface area contributed by atoms with Gasteiger partial charge in [-0.2, -0.15) is 4.31 Å². The van der Waals surface area contributed by atoms with Crippen molar-refractivity contribution in [1.29, 1.82) is 0 Å². The standard InChI is InChI=1S/C25H31N3O5S/c1-4-33-19-10-8-18(9-11-19)26-23(29)17-28-22-13-12-20(16-21(22)25(2,3)24(28)30)34(31,32)27-14-6-5-7-15-27/h8-13,16H,4-7,14-15,17H2,1-3H3,(H,26,29). The second kappa shape index (κ2) is 9.38. The molecule has 2 aromatic rings. The van der Waals surface area contributed by atoms with Crippen LogP contribution in [0.2, 0.25) is 0 Å². The molecule has 2 aliphatic rings. The molecule has 1 N–H and O–H groups in total. The van der Waals surface area contributed by atoms with E-state index in [9.17, 15) is 18.0 Å². The van der Waals surface area contributed by atoms with Crippen molar-refractivity contribution >= 4 is 33.2 Å². The van der Waals surface area contributed by atoms with Gasteiger partial charge in [-0.15, -0.1) is 0 Å². The number of carbonyl (C=O) groups excluding carboxylic acids is 2. The van der Waals surface area contributed by atoms with Crippen molar-refractivity contribution in [1.82, 2.24) is 4.31 Å². The Labute approximate surface area is 200 Å². The normalized spacial score (nSPS) is 18.0. The van der Waals surface area contributed by atoms with Crippen molar-refractivity contribution in [3.05, 3.63) is 48.0 Å². The Kier molecular flexibility index (Phi) is 6.69. The van der Waals surface area contributed by atoms with Gasteiger partial charge >= 0.3 is 0 Å². The Morgan fingerprint density at radius 3 is 2.38 bits per heavy atom. The molecule has 9 heteroatoms. The van der Waals surface area contributed by atoms with Crippen molar-refractivity contribution in [3.8, 4) is 5.75 Å². The highest BCUT2D eigenvalue weighted by atomic mass is 32.2. The maximum atomic E-state index is 13.2. The minimum Gasteiger partial charge on any atom is -0.494 e. The molecule has 0 bridgehead atoms. The van der Waals surface area contributed by atoms with Crippen LogP contribution >= 0.6 is 0 Å². The third kappa shape index (κ3) is 4.54. The highest BCUT2D eigenvalue weighted by molar-refractivity contribution is 7.89. The van der Waals surface area contributed by atoms with E-state index in [1.165, 1.54) is 15.3 Å². The molecule has 1 fully saturated rings. The lowest BCUT2D eigenvalue weighted by atomic mass is 9.86. The Morgan fingerprint density at radius 1 is 1.06 bits per heavy atom. The molecule has 0 aliphatic carbocycles. The molecule has 2 heterocycles. The van der Waals surface area contributed by atoms with Crippen molar-refractivity contribution < 1.29 is 22.7 Å². The molecule has 4 rings (SSSR count). The third-order valence-electron chi connectivity index (χ3n) is 6.42. The number of benzene rings is 2. The molecular weight excluding hydrogens is 454 g/mol. The number of sulfonamides is 1. The molecule has 0 radical (unpaired) electrons. The number of rotatable bonds is 7. The molecule has 0 unspecified atom stereocenters. The van der Waals surface area contributed by atoms with Crippen LogP contribution in [0, 0.1) is 0 Å². The van der Waals surface area contributed by atoms with E-state index in [1.54, 1.807) is 50.2 Å². The maximum absolute atomic E-state index is 13.2. The number of piperidine rings is 1. The summed E-state index contributed by atoms with van der Waals surface area (Å²) in [6, 6.07) is 11.8. The number of nitrogens with one attached hydrogen (secondary N) is 1. The third-order valence-corrected chi connectivity index (χ3v) is 8.31. The molecule has 0 aromatic heterocycles. The summed E-state index contributed by atoms with van der Waals surface area (Å²) in [7, 11) is -3.63. The van der Waals surface area contributed by atoms with Gasteiger partial charge in [0.15, 0.2) is 0 Å². The largest absolute Gasteiger partial charge is 0.494 e. The smallest absolute Gasteiger partial charge is 0.244 e. The highest BCUT2D eigenvalue weighted by Crippen LogP contribution is 2.43. The number of amides is 2. The summed E-state index contributed by atoms with van der Waals surface area (Å²) in [6.45, 7) is 6.83. The number of fused-ring (bicyclic) bond motifs is 1. The molecule has 0 saturated carbocycles. The van der Waals surface area contributed by atoms with Crippen molar-refractivity contribution in [2.75, 3.05) is 36.5 Å². The Balaban J connectivity index is 1.54. The van der Waals surface area contributed by atoms with E-state index in [4.69, 9.17) is 4.74 Å². The summed E-state index contributed by atoms with van der Waals surface area (Å²) in [5, 5.41) is 2.80. The van der Waals surface area contributed by atoms with Crippen molar-refractivity contribution in [2.24, 2.45) is 0 Å². The van der Waals surface area contributed by atoms with E-state index < -0.39 is 15.4 Å². The van der Waals surface area contributed by atoms with Gasteiger partial charge in [0.25, 0.3) is 0 Å². The summed E-state index contributed by atoms with van der Waals surface area (Å²) in [4.78, 5) is 27.6. The first-order valence-electron chi connectivity index (χ1n) is 11.6. The Hall–Kier alpha value is -2.91. The predicted octanol–water partition coefficient (Wildman–Crippen LogP) is 3.52. The number of nitrogens with zero attached hydrogens (tertiary/aromatic N) is 2. The topological polar surface area (TPSA) is 96.0 Å². The molecule has 2 aliphatic heterocycles. The van der Waals surface area contributed by atoms with Crippen LogP contribution in [0.5, 0.6) is 5.75 Å². The quantitative estimate of drug-likeness (QED) is 0.647. The van der Waals surface area contributed by atoms with E-state index in [0.29, 0.717) is 42.4 Å². The van der Waals surface area contributed by atoms with E-state index >= 15 is 0 Å². The zero-order valence-corrected chi connectivity index (χ0v) is 20.7. The van der Waals surface area contributed by atoms with Crippen LogP contribution in [0.25, 0.3) is 0 Å². The van der Waals surface area contributed by atoms with Crippen molar-refractivity contribution in [2.45, 2.75) is 50.3 Å². The van der Waals surface area contributed by atoms with Gasteiger partial charge in [0.2, 0.25) is 21.8 Å². The van der Waals surface area contributed by atoms with Gasteiger partial charge < -0.3 is 15.0 Å². The first kappa shape index (κ1) is 24.2. The fourth-order valence-electron chi connectivity index (χ4n) is 4.53. The van der Waals surface area contributed by atoms with Gasteiger partial charge in [0.1, 0.15) is 12.3 Å². The van der Waals surface area contributed by atoms with E-state index in [1.807, 2.05) is 6.92 Å². The number of anilines is 2.